The molecule has 7 aromatic rings. The number of ether oxygens (including phenoxy) is 3. The number of carbonyl (C=O) groups is 1. The average Bonchev–Trinajstić information content (AvgIpc) is 3.86. The molecule has 0 aliphatic heterocycles. The summed E-state index contributed by atoms with van der Waals surface area (Å²) in [5.74, 6) is 4.26. The molecule has 7 rings (SSSR count). The van der Waals surface area contributed by atoms with Gasteiger partial charge >= 0.3 is 0 Å². The first-order valence-electron chi connectivity index (χ1n) is 16.1. The van der Waals surface area contributed by atoms with Crippen molar-refractivity contribution < 1.29 is 27.8 Å². The number of aldehydes is 1. The van der Waals surface area contributed by atoms with Gasteiger partial charge in [-0.1, -0.05) is 60.7 Å². The second kappa shape index (κ2) is 14.8. The highest BCUT2D eigenvalue weighted by molar-refractivity contribution is 5.77. The lowest BCUT2D eigenvalue weighted by molar-refractivity contribution is 0.111. The summed E-state index contributed by atoms with van der Waals surface area (Å²) in [6.07, 6.45) is 2.42. The summed E-state index contributed by atoms with van der Waals surface area (Å²) < 4.78 is 31.2. The van der Waals surface area contributed by atoms with Gasteiger partial charge in [0.15, 0.2) is 6.29 Å². The lowest BCUT2D eigenvalue weighted by Crippen LogP contribution is -2.02. The maximum absolute atomic E-state index is 11.8. The molecule has 10 nitrogen and oxygen atoms in total. The minimum atomic E-state index is 0.241. The number of rotatable bonds is 14. The molecule has 0 aliphatic carbocycles. The van der Waals surface area contributed by atoms with Gasteiger partial charge in [0.25, 0.3) is 0 Å². The van der Waals surface area contributed by atoms with Gasteiger partial charge in [-0.25, -0.2) is 9.97 Å². The van der Waals surface area contributed by atoms with E-state index in [1.807, 2.05) is 123 Å². The lowest BCUT2D eigenvalue weighted by Gasteiger charge is -2.08. The molecule has 4 aromatic carbocycles. The summed E-state index contributed by atoms with van der Waals surface area (Å²) in [6.45, 7) is 5.03. The molecule has 0 amide bonds. The molecule has 250 valence electrons. The van der Waals surface area contributed by atoms with Crippen LogP contribution in [0, 0.1) is 13.8 Å². The van der Waals surface area contributed by atoms with Gasteiger partial charge in [0.05, 0.1) is 12.1 Å². The van der Waals surface area contributed by atoms with Gasteiger partial charge in [-0.15, -0.1) is 5.10 Å². The highest BCUT2D eigenvalue weighted by atomic mass is 16.5. The quantitative estimate of drug-likeness (QED) is 0.106. The lowest BCUT2D eigenvalue weighted by atomic mass is 10.2. The molecule has 0 atom stereocenters. The van der Waals surface area contributed by atoms with E-state index in [0.717, 1.165) is 51.4 Å². The van der Waals surface area contributed by atoms with E-state index in [1.54, 1.807) is 10.9 Å². The maximum Gasteiger partial charge on any atom is 0.243 e. The van der Waals surface area contributed by atoms with Crippen LogP contribution >= 0.6 is 0 Å². The van der Waals surface area contributed by atoms with Crippen LogP contribution in [0.1, 0.15) is 44.4 Å². The van der Waals surface area contributed by atoms with Gasteiger partial charge < -0.3 is 23.0 Å². The Morgan fingerprint density at radius 3 is 1.62 bits per heavy atom. The molecule has 50 heavy (non-hydrogen) atoms. The Kier molecular flexibility index (Phi) is 9.50. The van der Waals surface area contributed by atoms with E-state index in [-0.39, 0.29) is 25.7 Å². The van der Waals surface area contributed by atoms with Crippen molar-refractivity contribution in [1.29, 1.82) is 0 Å². The van der Waals surface area contributed by atoms with Crippen molar-refractivity contribution in [2.24, 2.45) is 0 Å². The maximum atomic E-state index is 11.8. The van der Waals surface area contributed by atoms with Crippen molar-refractivity contribution in [2.75, 3.05) is 0 Å². The Hall–Kier alpha value is -6.42. The fourth-order valence-electron chi connectivity index (χ4n) is 5.24. The Morgan fingerprint density at radius 1 is 0.620 bits per heavy atom. The molecule has 0 N–H and O–H groups in total. The minimum absolute atomic E-state index is 0.241. The zero-order valence-electron chi connectivity index (χ0n) is 27.6. The number of carbonyl (C=O) groups excluding carboxylic acids is 1. The Labute approximate surface area is 288 Å². The molecule has 3 heterocycles. The third kappa shape index (κ3) is 7.65. The van der Waals surface area contributed by atoms with Gasteiger partial charge in [0.1, 0.15) is 54.2 Å². The van der Waals surface area contributed by atoms with E-state index in [0.29, 0.717) is 35.4 Å². The van der Waals surface area contributed by atoms with Crippen LogP contribution in [0.2, 0.25) is 0 Å². The van der Waals surface area contributed by atoms with Crippen LogP contribution in [0.4, 0.5) is 0 Å². The van der Waals surface area contributed by atoms with E-state index < -0.39 is 0 Å². The van der Waals surface area contributed by atoms with Crippen LogP contribution in [-0.2, 0) is 26.4 Å². The number of oxazole rings is 2. The predicted molar refractivity (Wildman–Crippen MR) is 186 cm³/mol. The number of hydrogen-bond acceptors (Lipinski definition) is 9. The molecule has 0 radical (unpaired) electrons. The van der Waals surface area contributed by atoms with Crippen LogP contribution in [0.25, 0.3) is 22.9 Å². The molecular weight excluding hydrogens is 632 g/mol. The standard InChI is InChI=1S/C40H34N4O6/c1-27-36(41-38(49-27)31-9-5-3-6-10-31)25-46-34-17-13-29(14-18-34)21-44-22-33(23-45)40(43-44)48-24-30-15-19-35(20-16-30)47-26-37-28(2)50-39(42-37)32-11-7-4-8-12-32/h3-20,22-23H,21,24-26H2,1-2H3. The van der Waals surface area contributed by atoms with Crippen molar-refractivity contribution in [3.05, 3.63) is 155 Å². The molecule has 0 aliphatic rings. The zero-order valence-corrected chi connectivity index (χ0v) is 27.6. The fraction of sp³-hybridized carbons (Fsp3) is 0.150. The summed E-state index contributed by atoms with van der Waals surface area (Å²) in [4.78, 5) is 21.0. The minimum Gasteiger partial charge on any atom is -0.487 e. The SMILES string of the molecule is Cc1oc(-c2ccccc2)nc1COc1ccc(COc2nn(Cc3ccc(OCc4nc(-c5ccccc5)oc4C)cc3)cc2C=O)cc1. The Bertz CT molecular complexity index is 2170. The smallest absolute Gasteiger partial charge is 0.243 e. The number of benzene rings is 4. The van der Waals surface area contributed by atoms with Gasteiger partial charge in [-0.2, -0.15) is 0 Å². The number of aryl methyl sites for hydroxylation is 2. The third-order valence-corrected chi connectivity index (χ3v) is 8.03. The summed E-state index contributed by atoms with van der Waals surface area (Å²) >= 11 is 0. The van der Waals surface area contributed by atoms with Crippen molar-refractivity contribution in [2.45, 2.75) is 40.2 Å². The highest BCUT2D eigenvalue weighted by Gasteiger charge is 2.14. The molecule has 0 fully saturated rings. The number of hydrogen-bond donors (Lipinski definition) is 0. The first-order chi connectivity index (χ1) is 24.5. The van der Waals surface area contributed by atoms with Gasteiger partial charge in [0.2, 0.25) is 17.7 Å². The van der Waals surface area contributed by atoms with Crippen molar-refractivity contribution in [3.8, 4) is 40.3 Å². The summed E-state index contributed by atoms with van der Waals surface area (Å²) in [7, 11) is 0. The summed E-state index contributed by atoms with van der Waals surface area (Å²) in [5.41, 5.74) is 5.60. The van der Waals surface area contributed by atoms with Gasteiger partial charge in [-0.05, 0) is 73.5 Å². The topological polar surface area (TPSA) is 115 Å². The fourth-order valence-corrected chi connectivity index (χ4v) is 5.24. The zero-order chi connectivity index (χ0) is 34.3. The first kappa shape index (κ1) is 32.1. The van der Waals surface area contributed by atoms with E-state index in [2.05, 4.69) is 15.1 Å². The number of aromatic nitrogens is 4. The molecule has 3 aromatic heterocycles. The normalized spacial score (nSPS) is 11.0. The molecule has 0 unspecified atom stereocenters. The Balaban J connectivity index is 0.901. The van der Waals surface area contributed by atoms with Gasteiger partial charge in [0, 0.05) is 17.3 Å². The first-order valence-corrected chi connectivity index (χ1v) is 16.1. The van der Waals surface area contributed by atoms with Crippen molar-refractivity contribution in [3.63, 3.8) is 0 Å². The predicted octanol–water partition coefficient (Wildman–Crippen LogP) is 8.41. The van der Waals surface area contributed by atoms with Crippen LogP contribution in [0.3, 0.4) is 0 Å². The van der Waals surface area contributed by atoms with E-state index >= 15 is 0 Å². The summed E-state index contributed by atoms with van der Waals surface area (Å²) in [5, 5.41) is 4.51. The van der Waals surface area contributed by atoms with Crippen LogP contribution in [-0.4, -0.2) is 26.0 Å². The monoisotopic (exact) mass is 666 g/mol. The molecule has 0 spiro atoms. The average molecular weight is 667 g/mol. The molecular formula is C40H34N4O6. The van der Waals surface area contributed by atoms with Crippen LogP contribution < -0.4 is 14.2 Å². The van der Waals surface area contributed by atoms with Crippen molar-refractivity contribution in [1.82, 2.24) is 19.7 Å². The molecule has 0 saturated carbocycles. The Morgan fingerprint density at radius 2 is 1.12 bits per heavy atom. The second-order valence-corrected chi connectivity index (χ2v) is 11.6. The third-order valence-electron chi connectivity index (χ3n) is 8.03. The number of nitrogens with zero attached hydrogens (tertiary/aromatic N) is 4. The van der Waals surface area contributed by atoms with Crippen LogP contribution in [0.15, 0.2) is 124 Å². The molecule has 0 bridgehead atoms. The van der Waals surface area contributed by atoms with Crippen molar-refractivity contribution >= 4 is 6.29 Å². The van der Waals surface area contributed by atoms with E-state index in [4.69, 9.17) is 23.0 Å². The molecule has 0 saturated heterocycles. The second-order valence-electron chi connectivity index (χ2n) is 11.6. The van der Waals surface area contributed by atoms with E-state index in [1.165, 1.54) is 0 Å². The summed E-state index contributed by atoms with van der Waals surface area (Å²) in [6, 6.07) is 34.8. The molecule has 10 heteroatoms. The largest absolute Gasteiger partial charge is 0.487 e. The highest BCUT2D eigenvalue weighted by Crippen LogP contribution is 2.25. The van der Waals surface area contributed by atoms with E-state index in [9.17, 15) is 4.79 Å². The van der Waals surface area contributed by atoms with Gasteiger partial charge in [-0.3, -0.25) is 9.48 Å². The van der Waals surface area contributed by atoms with Crippen LogP contribution in [0.5, 0.6) is 17.4 Å².